The summed E-state index contributed by atoms with van der Waals surface area (Å²) in [5.74, 6) is -0.828. The van der Waals surface area contributed by atoms with Crippen molar-refractivity contribution < 1.29 is 15.0 Å². The van der Waals surface area contributed by atoms with Crippen LogP contribution in [0.25, 0.3) is 0 Å². The summed E-state index contributed by atoms with van der Waals surface area (Å²) in [6.07, 6.45) is 2.04. The van der Waals surface area contributed by atoms with Crippen molar-refractivity contribution in [3.63, 3.8) is 0 Å². The van der Waals surface area contributed by atoms with Gasteiger partial charge in [-0.2, -0.15) is 0 Å². The van der Waals surface area contributed by atoms with Gasteiger partial charge in [0.1, 0.15) is 0 Å². The fourth-order valence-corrected chi connectivity index (χ4v) is 1.75. The summed E-state index contributed by atoms with van der Waals surface area (Å²) in [6.45, 7) is 2.03. The van der Waals surface area contributed by atoms with Crippen LogP contribution in [-0.4, -0.2) is 22.3 Å². The molecule has 0 heterocycles. The summed E-state index contributed by atoms with van der Waals surface area (Å²) in [5, 5.41) is 18.3. The molecule has 0 saturated heterocycles. The molecule has 1 aromatic rings. The first kappa shape index (κ1) is 12.7. The average Bonchev–Trinajstić information content (AvgIpc) is 2.17. The molecule has 3 nitrogen and oxygen atoms in total. The molecule has 1 unspecified atom stereocenters. The number of carboxylic acids is 1. The van der Waals surface area contributed by atoms with E-state index in [1.165, 1.54) is 0 Å². The Kier molecular flexibility index (Phi) is 4.99. The molecule has 88 valence electrons. The van der Waals surface area contributed by atoms with Crippen LogP contribution in [0, 0.1) is 0 Å². The molecular weight excluding hydrogens is 204 g/mol. The van der Waals surface area contributed by atoms with Crippen LogP contribution >= 0.6 is 0 Å². The molecule has 0 aromatic heterocycles. The molecule has 1 rings (SSSR count). The lowest BCUT2D eigenvalue weighted by Gasteiger charge is -2.09. The highest BCUT2D eigenvalue weighted by Crippen LogP contribution is 2.10. The lowest BCUT2D eigenvalue weighted by molar-refractivity contribution is -0.136. The Bertz CT molecular complexity index is 347. The van der Waals surface area contributed by atoms with E-state index in [1.54, 1.807) is 6.07 Å². The van der Waals surface area contributed by atoms with Gasteiger partial charge in [0.05, 0.1) is 12.5 Å². The van der Waals surface area contributed by atoms with Gasteiger partial charge in [-0.05, 0) is 24.0 Å². The van der Waals surface area contributed by atoms with Gasteiger partial charge in [-0.1, -0.05) is 37.6 Å². The van der Waals surface area contributed by atoms with Gasteiger partial charge in [0.25, 0.3) is 0 Å². The number of rotatable bonds is 6. The third-order valence-corrected chi connectivity index (χ3v) is 2.44. The summed E-state index contributed by atoms with van der Waals surface area (Å²) in [6, 6.07) is 7.41. The minimum Gasteiger partial charge on any atom is -0.481 e. The van der Waals surface area contributed by atoms with Crippen molar-refractivity contribution in [2.24, 2.45) is 0 Å². The van der Waals surface area contributed by atoms with Gasteiger partial charge in [0.15, 0.2) is 0 Å². The first-order valence-corrected chi connectivity index (χ1v) is 5.59. The molecule has 0 bridgehead atoms. The highest BCUT2D eigenvalue weighted by atomic mass is 16.4. The molecule has 0 saturated carbocycles. The summed E-state index contributed by atoms with van der Waals surface area (Å²) in [5.41, 5.74) is 1.79. The second-order valence-electron chi connectivity index (χ2n) is 4.04. The maximum Gasteiger partial charge on any atom is 0.307 e. The van der Waals surface area contributed by atoms with Crippen molar-refractivity contribution in [1.82, 2.24) is 0 Å². The number of carboxylic acid groups (broad SMARTS) is 1. The quantitative estimate of drug-likeness (QED) is 0.774. The average molecular weight is 222 g/mol. The smallest absolute Gasteiger partial charge is 0.307 e. The van der Waals surface area contributed by atoms with Crippen LogP contribution < -0.4 is 0 Å². The normalized spacial score (nSPS) is 12.4. The van der Waals surface area contributed by atoms with Crippen LogP contribution in [0.15, 0.2) is 24.3 Å². The highest BCUT2D eigenvalue weighted by molar-refractivity contribution is 5.70. The molecular formula is C13H18O3. The maximum absolute atomic E-state index is 10.6. The van der Waals surface area contributed by atoms with E-state index in [0.29, 0.717) is 6.42 Å². The zero-order valence-corrected chi connectivity index (χ0v) is 9.52. The molecule has 2 N–H and O–H groups in total. The van der Waals surface area contributed by atoms with Gasteiger partial charge in [-0.25, -0.2) is 0 Å². The number of aliphatic carboxylic acids is 1. The van der Waals surface area contributed by atoms with Crippen LogP contribution in [0.3, 0.4) is 0 Å². The van der Waals surface area contributed by atoms with E-state index in [1.807, 2.05) is 25.1 Å². The topological polar surface area (TPSA) is 57.5 Å². The first-order chi connectivity index (χ1) is 7.61. The highest BCUT2D eigenvalue weighted by Gasteiger charge is 2.06. The van der Waals surface area contributed by atoms with Crippen LogP contribution in [0.4, 0.5) is 0 Å². The lowest BCUT2D eigenvalue weighted by Crippen LogP contribution is -2.10. The Morgan fingerprint density at radius 3 is 2.69 bits per heavy atom. The molecule has 0 spiro atoms. The largest absolute Gasteiger partial charge is 0.481 e. The molecule has 0 aliphatic heterocycles. The van der Waals surface area contributed by atoms with Gasteiger partial charge >= 0.3 is 5.97 Å². The third-order valence-electron chi connectivity index (χ3n) is 2.44. The van der Waals surface area contributed by atoms with Crippen molar-refractivity contribution in [1.29, 1.82) is 0 Å². The number of aliphatic hydroxyl groups is 1. The van der Waals surface area contributed by atoms with Gasteiger partial charge in [0.2, 0.25) is 0 Å². The third kappa shape index (κ3) is 4.45. The molecule has 0 fully saturated rings. The van der Waals surface area contributed by atoms with Gasteiger partial charge in [0, 0.05) is 0 Å². The minimum atomic E-state index is -0.828. The van der Waals surface area contributed by atoms with E-state index in [-0.39, 0.29) is 12.5 Å². The van der Waals surface area contributed by atoms with Crippen LogP contribution in [0.5, 0.6) is 0 Å². The number of carbonyl (C=O) groups is 1. The molecule has 0 aliphatic rings. The fraction of sp³-hybridized carbons (Fsp3) is 0.462. The van der Waals surface area contributed by atoms with Crippen molar-refractivity contribution in [3.05, 3.63) is 35.4 Å². The van der Waals surface area contributed by atoms with Gasteiger partial charge in [-0.3, -0.25) is 4.79 Å². The minimum absolute atomic E-state index is 0.0394. The summed E-state index contributed by atoms with van der Waals surface area (Å²) in [4.78, 5) is 10.6. The van der Waals surface area contributed by atoms with E-state index < -0.39 is 5.97 Å². The van der Waals surface area contributed by atoms with E-state index in [0.717, 1.165) is 24.0 Å². The second-order valence-corrected chi connectivity index (χ2v) is 4.04. The molecule has 1 atom stereocenters. The van der Waals surface area contributed by atoms with Crippen LogP contribution in [0.2, 0.25) is 0 Å². The molecule has 16 heavy (non-hydrogen) atoms. The predicted molar refractivity (Wildman–Crippen MR) is 62.4 cm³/mol. The molecule has 0 amide bonds. The van der Waals surface area contributed by atoms with Crippen molar-refractivity contribution in [2.45, 2.75) is 38.7 Å². The monoisotopic (exact) mass is 222 g/mol. The van der Waals surface area contributed by atoms with E-state index >= 15 is 0 Å². The van der Waals surface area contributed by atoms with E-state index in [2.05, 4.69) is 0 Å². The standard InChI is InChI=1S/C13H18O3/c1-2-4-12(14)8-10-5-3-6-11(7-10)9-13(15)16/h3,5-7,12,14H,2,4,8-9H2,1H3,(H,15,16). The van der Waals surface area contributed by atoms with Crippen LogP contribution in [-0.2, 0) is 17.6 Å². The lowest BCUT2D eigenvalue weighted by atomic mass is 10.0. The molecule has 3 heteroatoms. The SMILES string of the molecule is CCCC(O)Cc1cccc(CC(=O)O)c1. The summed E-state index contributed by atoms with van der Waals surface area (Å²) >= 11 is 0. The van der Waals surface area contributed by atoms with Gasteiger partial charge in [-0.15, -0.1) is 0 Å². The maximum atomic E-state index is 10.6. The van der Waals surface area contributed by atoms with Crippen molar-refractivity contribution >= 4 is 5.97 Å². The molecule has 1 aromatic carbocycles. The van der Waals surface area contributed by atoms with E-state index in [4.69, 9.17) is 5.11 Å². The molecule has 0 radical (unpaired) electrons. The number of benzene rings is 1. The number of hydrogen-bond donors (Lipinski definition) is 2. The van der Waals surface area contributed by atoms with E-state index in [9.17, 15) is 9.90 Å². The molecule has 0 aliphatic carbocycles. The first-order valence-electron chi connectivity index (χ1n) is 5.59. The fourth-order valence-electron chi connectivity index (χ4n) is 1.75. The van der Waals surface area contributed by atoms with Crippen molar-refractivity contribution in [3.8, 4) is 0 Å². The Morgan fingerprint density at radius 2 is 2.06 bits per heavy atom. The predicted octanol–water partition coefficient (Wildman–Crippen LogP) is 2.02. The Labute approximate surface area is 95.7 Å². The summed E-state index contributed by atoms with van der Waals surface area (Å²) < 4.78 is 0. The second kappa shape index (κ2) is 6.28. The Hall–Kier alpha value is -1.35. The number of hydrogen-bond acceptors (Lipinski definition) is 2. The Morgan fingerprint density at radius 1 is 1.38 bits per heavy atom. The Balaban J connectivity index is 2.63. The zero-order valence-electron chi connectivity index (χ0n) is 9.52. The number of aliphatic hydroxyl groups excluding tert-OH is 1. The van der Waals surface area contributed by atoms with Crippen LogP contribution in [0.1, 0.15) is 30.9 Å². The van der Waals surface area contributed by atoms with Crippen molar-refractivity contribution in [2.75, 3.05) is 0 Å². The van der Waals surface area contributed by atoms with Gasteiger partial charge < -0.3 is 10.2 Å². The zero-order chi connectivity index (χ0) is 12.0. The summed E-state index contributed by atoms with van der Waals surface area (Å²) in [7, 11) is 0.